The van der Waals surface area contributed by atoms with Gasteiger partial charge in [0, 0.05) is 6.20 Å². The zero-order valence-corrected chi connectivity index (χ0v) is 13.2. The Bertz CT molecular complexity index is 830. The Balaban J connectivity index is 1.79. The Kier molecular flexibility index (Phi) is 3.96. The van der Waals surface area contributed by atoms with Gasteiger partial charge in [0.1, 0.15) is 10.8 Å². The van der Waals surface area contributed by atoms with Gasteiger partial charge in [-0.15, -0.1) is 11.3 Å². The molecule has 2 heterocycles. The number of hydrogen-bond acceptors (Lipinski definition) is 5. The Morgan fingerprint density at radius 2 is 2.23 bits per heavy atom. The number of phenolic OH excluding ortho intramolecular Hbond substituents is 1. The van der Waals surface area contributed by atoms with Crippen molar-refractivity contribution in [2.75, 3.05) is 0 Å². The summed E-state index contributed by atoms with van der Waals surface area (Å²) in [5.41, 5.74) is 1.65. The molecule has 3 rings (SSSR count). The third-order valence-corrected chi connectivity index (χ3v) is 4.54. The summed E-state index contributed by atoms with van der Waals surface area (Å²) in [5.74, 6) is -0.581. The van der Waals surface area contributed by atoms with Crippen LogP contribution in [0.2, 0.25) is 5.02 Å². The van der Waals surface area contributed by atoms with Crippen LogP contribution in [-0.2, 0) is 6.54 Å². The van der Waals surface area contributed by atoms with E-state index in [1.165, 1.54) is 11.3 Å². The van der Waals surface area contributed by atoms with Gasteiger partial charge in [0.15, 0.2) is 0 Å². The number of halogens is 1. The van der Waals surface area contributed by atoms with Crippen LogP contribution in [0.1, 0.15) is 20.9 Å². The fourth-order valence-electron chi connectivity index (χ4n) is 2.10. The Hall–Kier alpha value is -2.18. The molecule has 1 aromatic carbocycles. The van der Waals surface area contributed by atoms with E-state index in [-0.39, 0.29) is 28.8 Å². The molecule has 3 aromatic rings. The second-order valence-electron chi connectivity index (χ2n) is 4.72. The predicted octanol–water partition coefficient (Wildman–Crippen LogP) is 3.29. The Morgan fingerprint density at radius 3 is 3.00 bits per heavy atom. The number of aryl methyl sites for hydroxylation is 1. The van der Waals surface area contributed by atoms with Crippen molar-refractivity contribution >= 4 is 39.1 Å². The van der Waals surface area contributed by atoms with E-state index in [9.17, 15) is 9.90 Å². The van der Waals surface area contributed by atoms with E-state index in [4.69, 9.17) is 11.6 Å². The summed E-state index contributed by atoms with van der Waals surface area (Å²) >= 11 is 7.34. The molecule has 0 unspecified atom stereocenters. The van der Waals surface area contributed by atoms with Crippen molar-refractivity contribution in [1.29, 1.82) is 0 Å². The minimum atomic E-state index is -0.380. The second-order valence-corrected chi connectivity index (χ2v) is 6.24. The molecule has 22 heavy (non-hydrogen) atoms. The molecule has 0 radical (unpaired) electrons. The summed E-state index contributed by atoms with van der Waals surface area (Å²) < 4.78 is 1.01. The zero-order chi connectivity index (χ0) is 15.7. The van der Waals surface area contributed by atoms with Crippen LogP contribution in [0.15, 0.2) is 30.6 Å². The highest BCUT2D eigenvalue weighted by Gasteiger charge is 2.17. The quantitative estimate of drug-likeness (QED) is 0.771. The fraction of sp³-hybridized carbons (Fsp3) is 0.133. The van der Waals surface area contributed by atoms with E-state index in [2.05, 4.69) is 15.3 Å². The van der Waals surface area contributed by atoms with Crippen molar-refractivity contribution < 1.29 is 9.90 Å². The monoisotopic (exact) mass is 333 g/mol. The molecule has 1 amide bonds. The first-order valence-electron chi connectivity index (χ1n) is 6.52. The normalized spacial score (nSPS) is 10.8. The summed E-state index contributed by atoms with van der Waals surface area (Å²) in [5, 5.41) is 13.6. The van der Waals surface area contributed by atoms with Gasteiger partial charge < -0.3 is 10.4 Å². The third-order valence-electron chi connectivity index (χ3n) is 3.20. The zero-order valence-electron chi connectivity index (χ0n) is 11.6. The van der Waals surface area contributed by atoms with Gasteiger partial charge in [0.05, 0.1) is 33.5 Å². The van der Waals surface area contributed by atoms with Gasteiger partial charge in [-0.1, -0.05) is 17.7 Å². The molecule has 7 heteroatoms. The van der Waals surface area contributed by atoms with Gasteiger partial charge in [-0.2, -0.15) is 0 Å². The number of benzene rings is 1. The van der Waals surface area contributed by atoms with Gasteiger partial charge in [-0.3, -0.25) is 9.78 Å². The van der Waals surface area contributed by atoms with Crippen LogP contribution < -0.4 is 5.32 Å². The molecule has 0 fully saturated rings. The number of carbonyl (C=O) groups excluding carboxylic acids is 1. The lowest BCUT2D eigenvalue weighted by Crippen LogP contribution is -2.23. The molecule has 2 N–H and O–H groups in total. The third kappa shape index (κ3) is 2.75. The minimum Gasteiger partial charge on any atom is -0.506 e. The van der Waals surface area contributed by atoms with Crippen LogP contribution in [0.4, 0.5) is 0 Å². The van der Waals surface area contributed by atoms with E-state index < -0.39 is 0 Å². The minimum absolute atomic E-state index is 0.154. The molecule has 0 saturated carbocycles. The van der Waals surface area contributed by atoms with Gasteiger partial charge in [-0.05, 0) is 24.6 Å². The number of rotatable bonds is 3. The molecule has 0 aliphatic heterocycles. The van der Waals surface area contributed by atoms with Crippen molar-refractivity contribution in [1.82, 2.24) is 15.3 Å². The van der Waals surface area contributed by atoms with Gasteiger partial charge in [-0.25, -0.2) is 4.98 Å². The van der Waals surface area contributed by atoms with Crippen LogP contribution in [0.25, 0.3) is 10.2 Å². The molecule has 0 atom stereocenters. The van der Waals surface area contributed by atoms with Crippen molar-refractivity contribution in [3.05, 3.63) is 51.7 Å². The number of hydrogen-bond donors (Lipinski definition) is 2. The van der Waals surface area contributed by atoms with Crippen LogP contribution >= 0.6 is 22.9 Å². The number of amides is 1. The first-order valence-corrected chi connectivity index (χ1v) is 7.71. The number of aromatic hydroxyl groups is 1. The van der Waals surface area contributed by atoms with Crippen molar-refractivity contribution in [3.8, 4) is 5.75 Å². The maximum atomic E-state index is 12.3. The molecule has 0 saturated heterocycles. The maximum Gasteiger partial charge on any atom is 0.255 e. The number of thiazole rings is 1. The largest absolute Gasteiger partial charge is 0.506 e. The average Bonchev–Trinajstić information content (AvgIpc) is 2.92. The summed E-state index contributed by atoms with van der Waals surface area (Å²) in [6.45, 7) is 2.03. The Morgan fingerprint density at radius 1 is 1.41 bits per heavy atom. The number of nitrogens with one attached hydrogen (secondary N) is 1. The second kappa shape index (κ2) is 5.90. The highest BCUT2D eigenvalue weighted by molar-refractivity contribution is 7.18. The number of carbonyl (C=O) groups is 1. The Labute approximate surface area is 135 Å². The molecular formula is C15H12ClN3O2S. The van der Waals surface area contributed by atoms with Crippen molar-refractivity contribution in [2.24, 2.45) is 0 Å². The highest BCUT2D eigenvalue weighted by Crippen LogP contribution is 2.29. The standard InChI is InChI=1S/C15H12ClN3O2S/c1-8-2-3-9(16)14(20)13(8)15(21)18-7-12-19-10-6-17-5-4-11(10)22-12/h2-6,20H,7H2,1H3,(H,18,21). The molecule has 0 aliphatic carbocycles. The van der Waals surface area contributed by atoms with E-state index in [0.717, 1.165) is 15.2 Å². The van der Waals surface area contributed by atoms with E-state index in [1.54, 1.807) is 31.5 Å². The lowest BCUT2D eigenvalue weighted by atomic mass is 10.1. The van der Waals surface area contributed by atoms with Crippen LogP contribution in [0.3, 0.4) is 0 Å². The van der Waals surface area contributed by atoms with Gasteiger partial charge in [0.25, 0.3) is 5.91 Å². The smallest absolute Gasteiger partial charge is 0.255 e. The van der Waals surface area contributed by atoms with E-state index in [0.29, 0.717) is 5.56 Å². The van der Waals surface area contributed by atoms with Gasteiger partial charge in [0.2, 0.25) is 0 Å². The molecule has 5 nitrogen and oxygen atoms in total. The fourth-order valence-corrected chi connectivity index (χ4v) is 3.13. The molecule has 0 spiro atoms. The highest BCUT2D eigenvalue weighted by atomic mass is 35.5. The molecule has 0 bridgehead atoms. The topological polar surface area (TPSA) is 75.1 Å². The summed E-state index contributed by atoms with van der Waals surface area (Å²) in [6.07, 6.45) is 3.39. The number of pyridine rings is 1. The lowest BCUT2D eigenvalue weighted by Gasteiger charge is -2.09. The average molecular weight is 334 g/mol. The van der Waals surface area contributed by atoms with Crippen LogP contribution in [0, 0.1) is 6.92 Å². The van der Waals surface area contributed by atoms with Crippen molar-refractivity contribution in [3.63, 3.8) is 0 Å². The summed E-state index contributed by atoms with van der Waals surface area (Å²) in [7, 11) is 0. The molecule has 2 aromatic heterocycles. The van der Waals surface area contributed by atoms with Crippen molar-refractivity contribution in [2.45, 2.75) is 13.5 Å². The lowest BCUT2D eigenvalue weighted by molar-refractivity contribution is 0.0947. The van der Waals surface area contributed by atoms with E-state index >= 15 is 0 Å². The first-order chi connectivity index (χ1) is 10.6. The molecule has 0 aliphatic rings. The number of aromatic nitrogens is 2. The van der Waals surface area contributed by atoms with E-state index in [1.807, 2.05) is 6.07 Å². The summed E-state index contributed by atoms with van der Waals surface area (Å²) in [4.78, 5) is 20.7. The molecule has 112 valence electrons. The van der Waals surface area contributed by atoms with Crippen LogP contribution in [0.5, 0.6) is 5.75 Å². The molecular weight excluding hydrogens is 322 g/mol. The predicted molar refractivity (Wildman–Crippen MR) is 86.4 cm³/mol. The number of fused-ring (bicyclic) bond motifs is 1. The number of phenols is 1. The van der Waals surface area contributed by atoms with Crippen LogP contribution in [-0.4, -0.2) is 21.0 Å². The number of nitrogens with zero attached hydrogens (tertiary/aromatic N) is 2. The van der Waals surface area contributed by atoms with Gasteiger partial charge >= 0.3 is 0 Å². The first kappa shape index (κ1) is 14.7. The summed E-state index contributed by atoms with van der Waals surface area (Å²) in [6, 6.07) is 5.13. The SMILES string of the molecule is Cc1ccc(Cl)c(O)c1C(=O)NCc1nc2cnccc2s1. The maximum absolute atomic E-state index is 12.3.